The van der Waals surface area contributed by atoms with E-state index in [-0.39, 0.29) is 18.1 Å². The van der Waals surface area contributed by atoms with Gasteiger partial charge >= 0.3 is 0 Å². The molecular formula is C21H23NO4. The predicted octanol–water partition coefficient (Wildman–Crippen LogP) is 4.09. The second-order valence-electron chi connectivity index (χ2n) is 6.15. The van der Waals surface area contributed by atoms with Crippen LogP contribution in [0.3, 0.4) is 0 Å². The minimum atomic E-state index is -0.442. The molecule has 0 saturated carbocycles. The number of aromatic nitrogens is 1. The number of pyridine rings is 1. The number of benzene rings is 2. The summed E-state index contributed by atoms with van der Waals surface area (Å²) in [6.07, 6.45) is 1.79. The molecule has 0 saturated heterocycles. The van der Waals surface area contributed by atoms with Crippen molar-refractivity contribution in [2.45, 2.75) is 32.9 Å². The highest BCUT2D eigenvalue weighted by Crippen LogP contribution is 2.34. The van der Waals surface area contributed by atoms with E-state index >= 15 is 0 Å². The average Bonchev–Trinajstić information content (AvgIpc) is 2.68. The first-order valence-electron chi connectivity index (χ1n) is 8.76. The SMILES string of the molecule is CCCCn1c(=O)c(O)c(OCc2ccccc2)c2ccc(OC)cc21. The van der Waals surface area contributed by atoms with E-state index in [1.54, 1.807) is 23.8 Å². The van der Waals surface area contributed by atoms with E-state index in [0.717, 1.165) is 18.4 Å². The van der Waals surface area contributed by atoms with Crippen LogP contribution in [-0.4, -0.2) is 16.8 Å². The van der Waals surface area contributed by atoms with E-state index in [1.807, 2.05) is 36.4 Å². The van der Waals surface area contributed by atoms with Crippen molar-refractivity contribution in [3.8, 4) is 17.2 Å². The molecule has 1 heterocycles. The number of rotatable bonds is 7. The maximum atomic E-state index is 12.7. The molecule has 0 radical (unpaired) electrons. The zero-order chi connectivity index (χ0) is 18.5. The van der Waals surface area contributed by atoms with Crippen LogP contribution in [0.15, 0.2) is 53.3 Å². The van der Waals surface area contributed by atoms with Gasteiger partial charge < -0.3 is 19.1 Å². The fourth-order valence-electron chi connectivity index (χ4n) is 2.93. The maximum absolute atomic E-state index is 12.7. The van der Waals surface area contributed by atoms with Crippen molar-refractivity contribution in [3.05, 3.63) is 64.4 Å². The Morgan fingerprint density at radius 2 is 1.88 bits per heavy atom. The summed E-state index contributed by atoms with van der Waals surface area (Å²) in [5.74, 6) is 0.515. The van der Waals surface area contributed by atoms with E-state index in [4.69, 9.17) is 9.47 Å². The molecule has 0 aliphatic heterocycles. The quantitative estimate of drug-likeness (QED) is 0.695. The molecule has 3 aromatic rings. The molecule has 0 atom stereocenters. The Bertz CT molecular complexity index is 948. The van der Waals surface area contributed by atoms with Gasteiger partial charge in [-0.25, -0.2) is 0 Å². The lowest BCUT2D eigenvalue weighted by atomic mass is 10.1. The van der Waals surface area contributed by atoms with Crippen molar-refractivity contribution in [2.24, 2.45) is 0 Å². The van der Waals surface area contributed by atoms with Crippen LogP contribution < -0.4 is 15.0 Å². The van der Waals surface area contributed by atoms with Gasteiger partial charge in [0, 0.05) is 18.0 Å². The van der Waals surface area contributed by atoms with Gasteiger partial charge in [0.1, 0.15) is 12.4 Å². The largest absolute Gasteiger partial charge is 0.500 e. The highest BCUT2D eigenvalue weighted by Gasteiger charge is 2.18. The summed E-state index contributed by atoms with van der Waals surface area (Å²) in [4.78, 5) is 12.7. The number of methoxy groups -OCH3 is 1. The Labute approximate surface area is 152 Å². The monoisotopic (exact) mass is 353 g/mol. The fraction of sp³-hybridized carbons (Fsp3) is 0.286. The minimum Gasteiger partial charge on any atom is -0.500 e. The fourth-order valence-corrected chi connectivity index (χ4v) is 2.93. The molecule has 1 N–H and O–H groups in total. The first kappa shape index (κ1) is 17.9. The van der Waals surface area contributed by atoms with Gasteiger partial charge in [-0.05, 0) is 24.1 Å². The summed E-state index contributed by atoms with van der Waals surface area (Å²) in [5.41, 5.74) is 1.22. The number of hydrogen-bond donors (Lipinski definition) is 1. The molecule has 0 fully saturated rings. The molecule has 0 amide bonds. The molecule has 0 unspecified atom stereocenters. The summed E-state index contributed by atoms with van der Waals surface area (Å²) in [7, 11) is 1.59. The number of aryl methyl sites for hydroxylation is 1. The zero-order valence-electron chi connectivity index (χ0n) is 15.1. The van der Waals surface area contributed by atoms with Gasteiger partial charge in [-0.15, -0.1) is 0 Å². The summed E-state index contributed by atoms with van der Waals surface area (Å²) >= 11 is 0. The number of nitrogens with zero attached hydrogens (tertiary/aromatic N) is 1. The Morgan fingerprint density at radius 3 is 2.58 bits per heavy atom. The van der Waals surface area contributed by atoms with Crippen LogP contribution >= 0.6 is 0 Å². The molecule has 3 rings (SSSR count). The molecule has 5 heteroatoms. The molecule has 2 aromatic carbocycles. The van der Waals surface area contributed by atoms with Gasteiger partial charge in [-0.3, -0.25) is 4.79 Å². The third-order valence-corrected chi connectivity index (χ3v) is 4.36. The van der Waals surface area contributed by atoms with Gasteiger partial charge in [0.2, 0.25) is 5.75 Å². The van der Waals surface area contributed by atoms with Crippen LogP contribution in [0.2, 0.25) is 0 Å². The third kappa shape index (κ3) is 3.52. The maximum Gasteiger partial charge on any atom is 0.297 e. The molecule has 0 aliphatic carbocycles. The van der Waals surface area contributed by atoms with Crippen LogP contribution in [0.1, 0.15) is 25.3 Å². The number of unbranched alkanes of at least 4 members (excludes halogenated alkanes) is 1. The standard InChI is InChI=1S/C21H23NO4/c1-3-4-12-22-18-13-16(25-2)10-11-17(18)20(19(23)21(22)24)26-14-15-8-6-5-7-9-15/h5-11,13,23H,3-4,12,14H2,1-2H3. The van der Waals surface area contributed by atoms with Crippen LogP contribution in [-0.2, 0) is 13.2 Å². The van der Waals surface area contributed by atoms with Gasteiger partial charge in [0.25, 0.3) is 5.56 Å². The van der Waals surface area contributed by atoms with Crippen LogP contribution in [0.25, 0.3) is 10.9 Å². The van der Waals surface area contributed by atoms with Crippen molar-refractivity contribution in [2.75, 3.05) is 7.11 Å². The summed E-state index contributed by atoms with van der Waals surface area (Å²) in [5, 5.41) is 11.2. The van der Waals surface area contributed by atoms with Crippen LogP contribution in [0.4, 0.5) is 0 Å². The van der Waals surface area contributed by atoms with E-state index in [1.165, 1.54) is 0 Å². The molecule has 26 heavy (non-hydrogen) atoms. The molecule has 1 aromatic heterocycles. The van der Waals surface area contributed by atoms with E-state index in [2.05, 4.69) is 6.92 Å². The van der Waals surface area contributed by atoms with Gasteiger partial charge in [0.15, 0.2) is 5.75 Å². The third-order valence-electron chi connectivity index (χ3n) is 4.36. The molecule has 0 bridgehead atoms. The number of aromatic hydroxyl groups is 1. The van der Waals surface area contributed by atoms with E-state index in [9.17, 15) is 9.90 Å². The first-order chi connectivity index (χ1) is 12.7. The second-order valence-corrected chi connectivity index (χ2v) is 6.15. The summed E-state index contributed by atoms with van der Waals surface area (Å²) in [6.45, 7) is 2.87. The van der Waals surface area contributed by atoms with Crippen molar-refractivity contribution in [1.82, 2.24) is 4.57 Å². The summed E-state index contributed by atoms with van der Waals surface area (Å²) < 4.78 is 12.7. The lowest BCUT2D eigenvalue weighted by molar-refractivity contribution is 0.290. The molecule has 136 valence electrons. The Balaban J connectivity index is 2.10. The van der Waals surface area contributed by atoms with Crippen molar-refractivity contribution in [1.29, 1.82) is 0 Å². The predicted molar refractivity (Wildman–Crippen MR) is 102 cm³/mol. The summed E-state index contributed by atoms with van der Waals surface area (Å²) in [6, 6.07) is 15.1. The van der Waals surface area contributed by atoms with E-state index < -0.39 is 5.56 Å². The lowest BCUT2D eigenvalue weighted by Gasteiger charge is -2.16. The van der Waals surface area contributed by atoms with Gasteiger partial charge in [0.05, 0.1) is 12.6 Å². The zero-order valence-corrected chi connectivity index (χ0v) is 15.1. The van der Waals surface area contributed by atoms with Gasteiger partial charge in [-0.1, -0.05) is 43.7 Å². The first-order valence-corrected chi connectivity index (χ1v) is 8.76. The highest BCUT2D eigenvalue weighted by molar-refractivity contribution is 5.88. The Morgan fingerprint density at radius 1 is 1.12 bits per heavy atom. The van der Waals surface area contributed by atoms with Crippen LogP contribution in [0.5, 0.6) is 17.2 Å². The molecule has 5 nitrogen and oxygen atoms in total. The Hall–Kier alpha value is -2.95. The number of fused-ring (bicyclic) bond motifs is 1. The molecule has 0 aliphatic rings. The van der Waals surface area contributed by atoms with Crippen molar-refractivity contribution < 1.29 is 14.6 Å². The average molecular weight is 353 g/mol. The van der Waals surface area contributed by atoms with E-state index in [0.29, 0.717) is 23.2 Å². The van der Waals surface area contributed by atoms with Gasteiger partial charge in [-0.2, -0.15) is 0 Å². The van der Waals surface area contributed by atoms with Crippen molar-refractivity contribution >= 4 is 10.9 Å². The molecular weight excluding hydrogens is 330 g/mol. The molecule has 0 spiro atoms. The number of hydrogen-bond acceptors (Lipinski definition) is 4. The van der Waals surface area contributed by atoms with Crippen molar-refractivity contribution in [3.63, 3.8) is 0 Å². The van der Waals surface area contributed by atoms with Crippen LogP contribution in [0, 0.1) is 0 Å². The topological polar surface area (TPSA) is 60.7 Å². The minimum absolute atomic E-state index is 0.212. The number of ether oxygens (including phenoxy) is 2. The highest BCUT2D eigenvalue weighted by atomic mass is 16.5. The Kier molecular flexibility index (Phi) is 5.46. The normalized spacial score (nSPS) is 10.8. The lowest BCUT2D eigenvalue weighted by Crippen LogP contribution is -2.21. The smallest absolute Gasteiger partial charge is 0.297 e. The second kappa shape index (κ2) is 7.95.